The molecule has 2 aliphatic carbocycles. The van der Waals surface area contributed by atoms with E-state index in [4.69, 9.17) is 0 Å². The van der Waals surface area contributed by atoms with Gasteiger partial charge in [0.15, 0.2) is 0 Å². The molecule has 0 aromatic carbocycles. The van der Waals surface area contributed by atoms with Crippen molar-refractivity contribution >= 4 is 11.8 Å². The van der Waals surface area contributed by atoms with Crippen LogP contribution >= 0.6 is 0 Å². The first-order valence-electron chi connectivity index (χ1n) is 7.49. The summed E-state index contributed by atoms with van der Waals surface area (Å²) >= 11 is 0. The molecule has 3 rings (SSSR count). The van der Waals surface area contributed by atoms with Gasteiger partial charge in [0.05, 0.1) is 0 Å². The van der Waals surface area contributed by atoms with E-state index in [1.807, 2.05) is 25.7 Å². The Kier molecular flexibility index (Phi) is 2.88. The highest BCUT2D eigenvalue weighted by Gasteiger charge is 2.50. The van der Waals surface area contributed by atoms with Crippen LogP contribution in [-0.4, -0.2) is 35.3 Å². The Morgan fingerprint density at radius 1 is 1.16 bits per heavy atom. The van der Waals surface area contributed by atoms with E-state index in [2.05, 4.69) is 5.32 Å². The summed E-state index contributed by atoms with van der Waals surface area (Å²) < 4.78 is 0. The molecule has 3 aliphatic rings. The highest BCUT2D eigenvalue weighted by Crippen LogP contribution is 2.39. The van der Waals surface area contributed by atoms with Gasteiger partial charge in [0.25, 0.3) is 0 Å². The van der Waals surface area contributed by atoms with Crippen molar-refractivity contribution in [2.75, 3.05) is 6.54 Å². The second-order valence-corrected chi connectivity index (χ2v) is 7.53. The fraction of sp³-hybridized carbons (Fsp3) is 0.867. The van der Waals surface area contributed by atoms with Gasteiger partial charge in [-0.05, 0) is 42.9 Å². The van der Waals surface area contributed by atoms with Crippen molar-refractivity contribution in [3.63, 3.8) is 0 Å². The van der Waals surface area contributed by atoms with Crippen LogP contribution < -0.4 is 5.32 Å². The van der Waals surface area contributed by atoms with Gasteiger partial charge >= 0.3 is 0 Å². The molecule has 2 saturated carbocycles. The summed E-state index contributed by atoms with van der Waals surface area (Å²) in [6.07, 6.45) is 4.56. The van der Waals surface area contributed by atoms with E-state index < -0.39 is 0 Å². The van der Waals surface area contributed by atoms with E-state index >= 15 is 0 Å². The van der Waals surface area contributed by atoms with Crippen molar-refractivity contribution in [3.8, 4) is 0 Å². The zero-order valence-electron chi connectivity index (χ0n) is 12.1. The molecule has 106 valence electrons. The summed E-state index contributed by atoms with van der Waals surface area (Å²) in [5.74, 6) is 1.22. The Morgan fingerprint density at radius 2 is 1.79 bits per heavy atom. The number of nitrogens with one attached hydrogen (secondary N) is 1. The minimum absolute atomic E-state index is 0.0460. The summed E-state index contributed by atoms with van der Waals surface area (Å²) in [4.78, 5) is 27.0. The average molecular weight is 264 g/mol. The molecule has 2 unspecified atom stereocenters. The van der Waals surface area contributed by atoms with Gasteiger partial charge in [-0.3, -0.25) is 9.59 Å². The molecule has 0 aromatic heterocycles. The third kappa shape index (κ3) is 2.49. The van der Waals surface area contributed by atoms with Crippen molar-refractivity contribution in [1.29, 1.82) is 0 Å². The van der Waals surface area contributed by atoms with Crippen molar-refractivity contribution in [2.24, 2.45) is 17.3 Å². The number of nitrogens with zero attached hydrogens (tertiary/aromatic N) is 1. The molecule has 1 aliphatic heterocycles. The van der Waals surface area contributed by atoms with Gasteiger partial charge < -0.3 is 10.2 Å². The highest BCUT2D eigenvalue weighted by atomic mass is 16.2. The van der Waals surface area contributed by atoms with Crippen molar-refractivity contribution in [3.05, 3.63) is 0 Å². The summed E-state index contributed by atoms with van der Waals surface area (Å²) in [6, 6.07) is -0.555. The summed E-state index contributed by atoms with van der Waals surface area (Å²) in [5.41, 5.74) is -0.205. The lowest BCUT2D eigenvalue weighted by Gasteiger charge is -2.45. The van der Waals surface area contributed by atoms with Gasteiger partial charge in [-0.2, -0.15) is 0 Å². The molecular formula is C15H24N2O2. The van der Waals surface area contributed by atoms with Crippen LogP contribution in [0.15, 0.2) is 0 Å². The average Bonchev–Trinajstić information content (AvgIpc) is 3.11. The Bertz CT molecular complexity index is 405. The standard InChI is InChI=1S/C15H24N2O2/c1-15(2,3)12-13(18)16-11(10-6-7-10)14(19)17(12)8-9-4-5-9/h9-12H,4-8H2,1-3H3,(H,16,18). The van der Waals surface area contributed by atoms with Crippen LogP contribution in [0.25, 0.3) is 0 Å². The van der Waals surface area contributed by atoms with E-state index in [-0.39, 0.29) is 29.3 Å². The van der Waals surface area contributed by atoms with E-state index in [0.29, 0.717) is 11.8 Å². The maximum atomic E-state index is 12.7. The molecule has 0 radical (unpaired) electrons. The van der Waals surface area contributed by atoms with E-state index in [9.17, 15) is 9.59 Å². The van der Waals surface area contributed by atoms with E-state index in [1.54, 1.807) is 0 Å². The topological polar surface area (TPSA) is 49.4 Å². The van der Waals surface area contributed by atoms with Crippen LogP contribution in [0.1, 0.15) is 46.5 Å². The molecule has 0 bridgehead atoms. The van der Waals surface area contributed by atoms with Gasteiger partial charge in [-0.1, -0.05) is 20.8 Å². The molecule has 1 N–H and O–H groups in total. The quantitative estimate of drug-likeness (QED) is 0.840. The first-order chi connectivity index (χ1) is 8.88. The first-order valence-corrected chi connectivity index (χ1v) is 7.49. The molecule has 0 aromatic rings. The SMILES string of the molecule is CC(C)(C)C1C(=O)NC(C2CC2)C(=O)N1CC1CC1. The first kappa shape index (κ1) is 12.9. The minimum Gasteiger partial charge on any atom is -0.342 e. The third-order valence-corrected chi connectivity index (χ3v) is 4.47. The van der Waals surface area contributed by atoms with Crippen molar-refractivity contribution < 1.29 is 9.59 Å². The zero-order chi connectivity index (χ0) is 13.8. The molecule has 4 heteroatoms. The largest absolute Gasteiger partial charge is 0.342 e. The number of amides is 2. The number of rotatable bonds is 3. The summed E-state index contributed by atoms with van der Waals surface area (Å²) in [5, 5.41) is 2.98. The fourth-order valence-electron chi connectivity index (χ4n) is 3.13. The van der Waals surface area contributed by atoms with E-state index in [1.165, 1.54) is 12.8 Å². The normalized spacial score (nSPS) is 32.5. The fourth-order valence-corrected chi connectivity index (χ4v) is 3.13. The van der Waals surface area contributed by atoms with Crippen molar-refractivity contribution in [1.82, 2.24) is 10.2 Å². The van der Waals surface area contributed by atoms with Crippen molar-refractivity contribution in [2.45, 2.75) is 58.5 Å². The Labute approximate surface area is 114 Å². The zero-order valence-corrected chi connectivity index (χ0v) is 12.1. The Hall–Kier alpha value is -1.06. The van der Waals surface area contributed by atoms with E-state index in [0.717, 1.165) is 19.4 Å². The molecular weight excluding hydrogens is 240 g/mol. The number of hydrogen-bond donors (Lipinski definition) is 1. The second kappa shape index (κ2) is 4.22. The maximum absolute atomic E-state index is 12.7. The van der Waals surface area contributed by atoms with Crippen LogP contribution in [0.4, 0.5) is 0 Å². The summed E-state index contributed by atoms with van der Waals surface area (Å²) in [6.45, 7) is 6.91. The lowest BCUT2D eigenvalue weighted by atomic mass is 9.82. The number of hydrogen-bond acceptors (Lipinski definition) is 2. The molecule has 0 spiro atoms. The molecule has 1 saturated heterocycles. The molecule has 2 amide bonds. The number of carbonyl (C=O) groups excluding carboxylic acids is 2. The van der Waals surface area contributed by atoms with Gasteiger partial charge in [0.2, 0.25) is 11.8 Å². The molecule has 2 atom stereocenters. The lowest BCUT2D eigenvalue weighted by Crippen LogP contribution is -2.67. The monoisotopic (exact) mass is 264 g/mol. The van der Waals surface area contributed by atoms with Crippen LogP contribution in [0, 0.1) is 17.3 Å². The lowest BCUT2D eigenvalue weighted by molar-refractivity contribution is -0.154. The van der Waals surface area contributed by atoms with Crippen LogP contribution in [0.3, 0.4) is 0 Å². The Balaban J connectivity index is 1.85. The summed E-state index contributed by atoms with van der Waals surface area (Å²) in [7, 11) is 0. The predicted molar refractivity (Wildman–Crippen MR) is 72.3 cm³/mol. The smallest absolute Gasteiger partial charge is 0.246 e. The van der Waals surface area contributed by atoms with Gasteiger partial charge in [0, 0.05) is 6.54 Å². The predicted octanol–water partition coefficient (Wildman–Crippen LogP) is 1.55. The molecule has 4 nitrogen and oxygen atoms in total. The number of carbonyl (C=O) groups is 2. The van der Waals surface area contributed by atoms with Crippen LogP contribution in [0.2, 0.25) is 0 Å². The highest BCUT2D eigenvalue weighted by molar-refractivity contribution is 5.97. The van der Waals surface area contributed by atoms with Crippen LogP contribution in [0.5, 0.6) is 0 Å². The molecule has 19 heavy (non-hydrogen) atoms. The third-order valence-electron chi connectivity index (χ3n) is 4.47. The second-order valence-electron chi connectivity index (χ2n) is 7.53. The van der Waals surface area contributed by atoms with Crippen LogP contribution in [-0.2, 0) is 9.59 Å². The molecule has 3 fully saturated rings. The van der Waals surface area contributed by atoms with Gasteiger partial charge in [0.1, 0.15) is 12.1 Å². The molecule has 1 heterocycles. The Morgan fingerprint density at radius 3 is 2.26 bits per heavy atom. The number of piperazine rings is 1. The minimum atomic E-state index is -0.310. The van der Waals surface area contributed by atoms with Gasteiger partial charge in [-0.25, -0.2) is 0 Å². The maximum Gasteiger partial charge on any atom is 0.246 e. The van der Waals surface area contributed by atoms with Gasteiger partial charge in [-0.15, -0.1) is 0 Å².